The van der Waals surface area contributed by atoms with Crippen LogP contribution in [-0.2, 0) is 5.60 Å². The molecule has 0 spiro atoms. The molecule has 1 aliphatic rings. The molecule has 2 nitrogen and oxygen atoms in total. The summed E-state index contributed by atoms with van der Waals surface area (Å²) < 4.78 is 0. The second-order valence-corrected chi connectivity index (χ2v) is 4.70. The lowest BCUT2D eigenvalue weighted by Crippen LogP contribution is -2.34. The Bertz CT molecular complexity index is 361. The number of nitrogens with zero attached hydrogens (tertiary/aromatic N) is 1. The lowest BCUT2D eigenvalue weighted by molar-refractivity contribution is -0.0186. The maximum Gasteiger partial charge on any atom is 0.109 e. The summed E-state index contributed by atoms with van der Waals surface area (Å²) in [6.45, 7) is 1.94. The van der Waals surface area contributed by atoms with Crippen molar-refractivity contribution in [3.8, 4) is 6.07 Å². The van der Waals surface area contributed by atoms with Gasteiger partial charge in [-0.1, -0.05) is 6.92 Å². The summed E-state index contributed by atoms with van der Waals surface area (Å²) in [4.78, 5) is 0. The Morgan fingerprint density at radius 2 is 2.43 bits per heavy atom. The van der Waals surface area contributed by atoms with Crippen molar-refractivity contribution in [1.29, 1.82) is 5.26 Å². The average Bonchev–Trinajstić information content (AvgIpc) is 2.84. The molecule has 0 saturated heterocycles. The van der Waals surface area contributed by atoms with Crippen LogP contribution in [0.25, 0.3) is 0 Å². The van der Waals surface area contributed by atoms with Crippen molar-refractivity contribution in [1.82, 2.24) is 0 Å². The van der Waals surface area contributed by atoms with Crippen LogP contribution in [-0.4, -0.2) is 5.11 Å². The Balaban J connectivity index is 2.41. The van der Waals surface area contributed by atoms with Crippen LogP contribution in [0.5, 0.6) is 0 Å². The first-order valence-corrected chi connectivity index (χ1v) is 5.79. The van der Waals surface area contributed by atoms with E-state index in [2.05, 4.69) is 6.07 Å². The SMILES string of the molecule is CCC(O)(c1ccsc1)C1(C#N)CC1. The van der Waals surface area contributed by atoms with E-state index < -0.39 is 11.0 Å². The van der Waals surface area contributed by atoms with E-state index in [1.807, 2.05) is 23.8 Å². The van der Waals surface area contributed by atoms with Crippen LogP contribution >= 0.6 is 11.3 Å². The molecule has 2 rings (SSSR count). The number of thiophene rings is 1. The highest BCUT2D eigenvalue weighted by Gasteiger charge is 2.59. The highest BCUT2D eigenvalue weighted by atomic mass is 32.1. The Morgan fingerprint density at radius 3 is 2.79 bits per heavy atom. The molecular weight excluding hydrogens is 194 g/mol. The van der Waals surface area contributed by atoms with Crippen LogP contribution in [0.2, 0.25) is 0 Å². The zero-order chi connectivity index (χ0) is 10.2. The predicted octanol–water partition coefficient (Wildman–Crippen LogP) is 2.65. The van der Waals surface area contributed by atoms with Crippen molar-refractivity contribution in [3.63, 3.8) is 0 Å². The van der Waals surface area contributed by atoms with E-state index >= 15 is 0 Å². The molecule has 1 atom stereocenters. The molecule has 1 aromatic heterocycles. The van der Waals surface area contributed by atoms with E-state index in [1.54, 1.807) is 11.3 Å². The highest BCUT2D eigenvalue weighted by molar-refractivity contribution is 7.08. The zero-order valence-electron chi connectivity index (χ0n) is 8.16. The molecule has 0 aromatic carbocycles. The smallest absolute Gasteiger partial charge is 0.109 e. The highest BCUT2D eigenvalue weighted by Crippen LogP contribution is 2.59. The van der Waals surface area contributed by atoms with E-state index in [0.717, 1.165) is 18.4 Å². The fourth-order valence-electron chi connectivity index (χ4n) is 2.06. The van der Waals surface area contributed by atoms with Gasteiger partial charge in [-0.25, -0.2) is 0 Å². The standard InChI is InChI=1S/C11H13NOS/c1-2-11(13,9-3-6-14-7-9)10(8-12)4-5-10/h3,6-7,13H,2,4-5H2,1H3. The van der Waals surface area contributed by atoms with Crippen molar-refractivity contribution in [2.75, 3.05) is 0 Å². The largest absolute Gasteiger partial charge is 0.383 e. The van der Waals surface area contributed by atoms with Crippen LogP contribution in [0, 0.1) is 16.7 Å². The molecule has 1 heterocycles. The fraction of sp³-hybridized carbons (Fsp3) is 0.545. The van der Waals surface area contributed by atoms with Crippen LogP contribution in [0.3, 0.4) is 0 Å². The van der Waals surface area contributed by atoms with Gasteiger partial charge < -0.3 is 5.11 Å². The van der Waals surface area contributed by atoms with Crippen molar-refractivity contribution in [2.24, 2.45) is 5.41 Å². The third kappa shape index (κ3) is 1.11. The molecule has 0 aliphatic heterocycles. The van der Waals surface area contributed by atoms with E-state index in [9.17, 15) is 5.11 Å². The molecule has 0 bridgehead atoms. The normalized spacial score (nSPS) is 22.4. The maximum atomic E-state index is 10.6. The van der Waals surface area contributed by atoms with E-state index in [4.69, 9.17) is 5.26 Å². The van der Waals surface area contributed by atoms with Crippen molar-refractivity contribution in [2.45, 2.75) is 31.8 Å². The fourth-order valence-corrected chi connectivity index (χ4v) is 2.79. The van der Waals surface area contributed by atoms with Gasteiger partial charge in [0.2, 0.25) is 0 Å². The summed E-state index contributed by atoms with van der Waals surface area (Å²) in [5.41, 5.74) is -0.533. The van der Waals surface area contributed by atoms with Crippen molar-refractivity contribution < 1.29 is 5.11 Å². The summed E-state index contributed by atoms with van der Waals surface area (Å²) in [5.74, 6) is 0. The minimum atomic E-state index is -0.929. The van der Waals surface area contributed by atoms with Gasteiger partial charge >= 0.3 is 0 Å². The molecular formula is C11H13NOS. The van der Waals surface area contributed by atoms with Gasteiger partial charge in [-0.15, -0.1) is 0 Å². The lowest BCUT2D eigenvalue weighted by Gasteiger charge is -2.31. The zero-order valence-corrected chi connectivity index (χ0v) is 8.97. The van der Waals surface area contributed by atoms with Gasteiger partial charge in [0.25, 0.3) is 0 Å². The quantitative estimate of drug-likeness (QED) is 0.828. The lowest BCUT2D eigenvalue weighted by atomic mass is 9.78. The summed E-state index contributed by atoms with van der Waals surface area (Å²) in [6.07, 6.45) is 2.25. The van der Waals surface area contributed by atoms with Crippen molar-refractivity contribution >= 4 is 11.3 Å². The first kappa shape index (κ1) is 9.70. The minimum absolute atomic E-state index is 0.511. The van der Waals surface area contributed by atoms with Gasteiger partial charge in [0.15, 0.2) is 0 Å². The van der Waals surface area contributed by atoms with Crippen LogP contribution in [0.4, 0.5) is 0 Å². The van der Waals surface area contributed by atoms with Gasteiger partial charge in [-0.3, -0.25) is 0 Å². The minimum Gasteiger partial charge on any atom is -0.383 e. The molecule has 3 heteroatoms. The molecule has 74 valence electrons. The number of nitriles is 1. The van der Waals surface area contributed by atoms with Gasteiger partial charge in [0.05, 0.1) is 11.5 Å². The molecule has 1 unspecified atom stereocenters. The van der Waals surface area contributed by atoms with Gasteiger partial charge in [0, 0.05) is 0 Å². The second-order valence-electron chi connectivity index (χ2n) is 3.92. The molecule has 0 amide bonds. The molecule has 1 saturated carbocycles. The molecule has 1 aromatic rings. The molecule has 0 radical (unpaired) electrons. The van der Waals surface area contributed by atoms with Crippen molar-refractivity contribution in [3.05, 3.63) is 22.4 Å². The van der Waals surface area contributed by atoms with Gasteiger partial charge in [-0.05, 0) is 41.7 Å². The average molecular weight is 207 g/mol. The number of rotatable bonds is 3. The first-order valence-electron chi connectivity index (χ1n) is 4.85. The van der Waals surface area contributed by atoms with Crippen LogP contribution in [0.1, 0.15) is 31.7 Å². The van der Waals surface area contributed by atoms with E-state index in [-0.39, 0.29) is 0 Å². The maximum absolute atomic E-state index is 10.6. The Kier molecular flexibility index (Phi) is 2.13. The second kappa shape index (κ2) is 3.08. The summed E-state index contributed by atoms with van der Waals surface area (Å²) in [5, 5.41) is 23.6. The molecule has 1 aliphatic carbocycles. The topological polar surface area (TPSA) is 44.0 Å². The molecule has 14 heavy (non-hydrogen) atoms. The number of aliphatic hydroxyl groups is 1. The Hall–Kier alpha value is -0.850. The third-order valence-corrected chi connectivity index (χ3v) is 3.95. The summed E-state index contributed by atoms with van der Waals surface area (Å²) in [6, 6.07) is 4.21. The Labute approximate surface area is 87.8 Å². The number of hydrogen-bond donors (Lipinski definition) is 1. The third-order valence-electron chi connectivity index (χ3n) is 3.27. The van der Waals surface area contributed by atoms with Crippen LogP contribution < -0.4 is 0 Å². The predicted molar refractivity (Wildman–Crippen MR) is 55.8 cm³/mol. The van der Waals surface area contributed by atoms with Gasteiger partial charge in [-0.2, -0.15) is 16.6 Å². The summed E-state index contributed by atoms with van der Waals surface area (Å²) >= 11 is 1.57. The number of hydrogen-bond acceptors (Lipinski definition) is 3. The molecule has 1 N–H and O–H groups in total. The van der Waals surface area contributed by atoms with Gasteiger partial charge in [0.1, 0.15) is 5.60 Å². The Morgan fingerprint density at radius 1 is 1.71 bits per heavy atom. The molecule has 1 fully saturated rings. The first-order chi connectivity index (χ1) is 6.68. The van der Waals surface area contributed by atoms with E-state index in [1.165, 1.54) is 0 Å². The van der Waals surface area contributed by atoms with E-state index in [0.29, 0.717) is 6.42 Å². The monoisotopic (exact) mass is 207 g/mol. The van der Waals surface area contributed by atoms with Crippen LogP contribution in [0.15, 0.2) is 16.8 Å². The summed E-state index contributed by atoms with van der Waals surface area (Å²) in [7, 11) is 0.